The zero-order valence-corrected chi connectivity index (χ0v) is 16.8. The van der Waals surface area contributed by atoms with Crippen LogP contribution in [0.5, 0.6) is 5.75 Å². The Hall–Kier alpha value is -3.12. The zero-order chi connectivity index (χ0) is 19.7. The van der Waals surface area contributed by atoms with Crippen LogP contribution >= 0.6 is 11.3 Å². The number of para-hydroxylation sites is 1. The van der Waals surface area contributed by atoms with Gasteiger partial charge < -0.3 is 10.1 Å². The summed E-state index contributed by atoms with van der Waals surface area (Å²) in [5, 5.41) is 8.72. The third-order valence-electron chi connectivity index (χ3n) is 4.73. The molecule has 1 atom stereocenters. The van der Waals surface area contributed by atoms with E-state index in [1.54, 1.807) is 7.11 Å². The molecule has 0 aliphatic carbocycles. The van der Waals surface area contributed by atoms with Crippen molar-refractivity contribution >= 4 is 27.5 Å². The van der Waals surface area contributed by atoms with Gasteiger partial charge in [-0.3, -0.25) is 4.79 Å². The average Bonchev–Trinajstić information content (AvgIpc) is 3.29. The van der Waals surface area contributed by atoms with E-state index >= 15 is 0 Å². The van der Waals surface area contributed by atoms with Gasteiger partial charge in [0.15, 0.2) is 0 Å². The van der Waals surface area contributed by atoms with Gasteiger partial charge in [-0.15, -0.1) is 11.3 Å². The molecular formula is C22H21N3O2S. The lowest BCUT2D eigenvalue weighted by Crippen LogP contribution is -2.25. The lowest BCUT2D eigenvalue weighted by atomic mass is 10.1. The van der Waals surface area contributed by atoms with Crippen molar-refractivity contribution in [2.24, 2.45) is 0 Å². The average molecular weight is 391 g/mol. The minimum Gasteiger partial charge on any atom is -0.497 e. The molecule has 0 saturated carbocycles. The van der Waals surface area contributed by atoms with E-state index in [4.69, 9.17) is 4.74 Å². The molecule has 2 aromatic carbocycles. The van der Waals surface area contributed by atoms with E-state index in [0.29, 0.717) is 4.88 Å². The molecule has 0 unspecified atom stereocenters. The van der Waals surface area contributed by atoms with Crippen LogP contribution in [-0.2, 0) is 0 Å². The highest BCUT2D eigenvalue weighted by atomic mass is 32.1. The van der Waals surface area contributed by atoms with Crippen molar-refractivity contribution in [1.29, 1.82) is 0 Å². The first kappa shape index (κ1) is 18.3. The number of aryl methyl sites for hydroxylation is 1. The first-order valence-corrected chi connectivity index (χ1v) is 9.88. The quantitative estimate of drug-likeness (QED) is 0.527. The van der Waals surface area contributed by atoms with Gasteiger partial charge in [0.2, 0.25) is 0 Å². The molecule has 2 aromatic heterocycles. The topological polar surface area (TPSA) is 56.1 Å². The van der Waals surface area contributed by atoms with Crippen LogP contribution in [0.4, 0.5) is 0 Å². The predicted molar refractivity (Wildman–Crippen MR) is 113 cm³/mol. The van der Waals surface area contributed by atoms with Gasteiger partial charge in [0, 0.05) is 5.39 Å². The minimum atomic E-state index is -0.102. The highest BCUT2D eigenvalue weighted by molar-refractivity contribution is 7.20. The van der Waals surface area contributed by atoms with Crippen LogP contribution in [0.2, 0.25) is 0 Å². The van der Waals surface area contributed by atoms with E-state index in [1.807, 2.05) is 79.2 Å². The molecule has 0 bridgehead atoms. The molecule has 142 valence electrons. The fraction of sp³-hybridized carbons (Fsp3) is 0.182. The summed E-state index contributed by atoms with van der Waals surface area (Å²) in [4.78, 5) is 14.5. The first-order valence-electron chi connectivity index (χ1n) is 9.06. The van der Waals surface area contributed by atoms with Crippen molar-refractivity contribution in [3.63, 3.8) is 0 Å². The third kappa shape index (κ3) is 3.39. The molecule has 0 saturated heterocycles. The lowest BCUT2D eigenvalue weighted by Gasteiger charge is -2.14. The molecule has 1 amide bonds. The Morgan fingerprint density at radius 3 is 2.54 bits per heavy atom. The van der Waals surface area contributed by atoms with Gasteiger partial charge in [-0.25, -0.2) is 4.68 Å². The first-order chi connectivity index (χ1) is 13.6. The number of fused-ring (bicyclic) bond motifs is 1. The maximum absolute atomic E-state index is 12.8. The van der Waals surface area contributed by atoms with Gasteiger partial charge in [0.25, 0.3) is 5.91 Å². The molecular weight excluding hydrogens is 370 g/mol. The standard InChI is InChI=1S/C22H21N3O2S/c1-14(16-9-11-18(27-3)12-10-16)23-21(26)20-13-19-15(2)24-25(22(19)28-20)17-7-5-4-6-8-17/h4-14H,1-3H3,(H,23,26)/t14-/m0/s1. The third-order valence-corrected chi connectivity index (χ3v) is 5.84. The van der Waals surface area contributed by atoms with Gasteiger partial charge in [0.05, 0.1) is 29.4 Å². The van der Waals surface area contributed by atoms with Gasteiger partial charge in [0.1, 0.15) is 10.6 Å². The normalized spacial score (nSPS) is 12.1. The summed E-state index contributed by atoms with van der Waals surface area (Å²) in [6.45, 7) is 3.94. The highest BCUT2D eigenvalue weighted by Gasteiger charge is 2.18. The molecule has 2 heterocycles. The Kier molecular flexibility index (Phi) is 4.88. The Balaban J connectivity index is 1.59. The van der Waals surface area contributed by atoms with Crippen LogP contribution in [0, 0.1) is 6.92 Å². The summed E-state index contributed by atoms with van der Waals surface area (Å²) in [7, 11) is 1.64. The fourth-order valence-electron chi connectivity index (χ4n) is 3.15. The second kappa shape index (κ2) is 7.48. The van der Waals surface area contributed by atoms with E-state index in [2.05, 4.69) is 10.4 Å². The number of ether oxygens (including phenoxy) is 1. The van der Waals surface area contributed by atoms with Crippen LogP contribution < -0.4 is 10.1 Å². The minimum absolute atomic E-state index is 0.0801. The Labute approximate surface area is 167 Å². The molecule has 6 heteroatoms. The molecule has 0 radical (unpaired) electrons. The number of methoxy groups -OCH3 is 1. The number of thiophene rings is 1. The van der Waals surface area contributed by atoms with Gasteiger partial charge in [-0.05, 0) is 49.7 Å². The summed E-state index contributed by atoms with van der Waals surface area (Å²) < 4.78 is 7.09. The second-order valence-corrected chi connectivity index (χ2v) is 7.66. The summed E-state index contributed by atoms with van der Waals surface area (Å²) in [6, 6.07) is 19.5. The number of carbonyl (C=O) groups is 1. The Morgan fingerprint density at radius 2 is 1.86 bits per heavy atom. The van der Waals surface area contributed by atoms with Gasteiger partial charge >= 0.3 is 0 Å². The number of hydrogen-bond acceptors (Lipinski definition) is 4. The molecule has 0 aliphatic heterocycles. The molecule has 1 N–H and O–H groups in total. The van der Waals surface area contributed by atoms with E-state index in [1.165, 1.54) is 11.3 Å². The molecule has 0 fully saturated rings. The van der Waals surface area contributed by atoms with E-state index in [9.17, 15) is 4.79 Å². The van der Waals surface area contributed by atoms with E-state index < -0.39 is 0 Å². The van der Waals surface area contributed by atoms with Gasteiger partial charge in [-0.2, -0.15) is 5.10 Å². The maximum Gasteiger partial charge on any atom is 0.261 e. The van der Waals surface area contributed by atoms with Crippen molar-refractivity contribution in [3.8, 4) is 11.4 Å². The van der Waals surface area contributed by atoms with Crippen LogP contribution in [-0.4, -0.2) is 22.8 Å². The second-order valence-electron chi connectivity index (χ2n) is 6.63. The lowest BCUT2D eigenvalue weighted by molar-refractivity contribution is 0.0944. The Morgan fingerprint density at radius 1 is 1.14 bits per heavy atom. The van der Waals surface area contributed by atoms with E-state index in [-0.39, 0.29) is 11.9 Å². The molecule has 5 nitrogen and oxygen atoms in total. The van der Waals surface area contributed by atoms with Crippen molar-refractivity contribution in [2.45, 2.75) is 19.9 Å². The van der Waals surface area contributed by atoms with Crippen LogP contribution in [0.3, 0.4) is 0 Å². The number of hydrogen-bond donors (Lipinski definition) is 1. The number of amides is 1. The van der Waals surface area contributed by atoms with Crippen LogP contribution in [0.15, 0.2) is 60.7 Å². The molecule has 0 spiro atoms. The summed E-state index contributed by atoms with van der Waals surface area (Å²) in [5.74, 6) is 0.719. The monoisotopic (exact) mass is 391 g/mol. The van der Waals surface area contributed by atoms with Gasteiger partial charge in [-0.1, -0.05) is 30.3 Å². The molecule has 0 aliphatic rings. The molecule has 4 aromatic rings. The predicted octanol–water partition coefficient (Wildman–Crippen LogP) is 4.90. The maximum atomic E-state index is 12.8. The largest absolute Gasteiger partial charge is 0.497 e. The highest BCUT2D eigenvalue weighted by Crippen LogP contribution is 2.30. The van der Waals surface area contributed by atoms with E-state index in [0.717, 1.165) is 32.9 Å². The number of benzene rings is 2. The smallest absolute Gasteiger partial charge is 0.261 e. The van der Waals surface area contributed by atoms with Crippen LogP contribution in [0.1, 0.15) is 33.9 Å². The Bertz CT molecular complexity index is 1110. The molecule has 4 rings (SSSR count). The van der Waals surface area contributed by atoms with Crippen molar-refractivity contribution in [1.82, 2.24) is 15.1 Å². The summed E-state index contributed by atoms with van der Waals surface area (Å²) in [5.41, 5.74) is 2.93. The molecule has 28 heavy (non-hydrogen) atoms. The van der Waals surface area contributed by atoms with Crippen molar-refractivity contribution < 1.29 is 9.53 Å². The number of nitrogens with zero attached hydrogens (tertiary/aromatic N) is 2. The SMILES string of the molecule is COc1ccc([C@H](C)NC(=O)c2cc3c(C)nn(-c4ccccc4)c3s2)cc1. The fourth-order valence-corrected chi connectivity index (χ4v) is 4.23. The zero-order valence-electron chi connectivity index (χ0n) is 16.0. The summed E-state index contributed by atoms with van der Waals surface area (Å²) in [6.07, 6.45) is 0. The number of carbonyl (C=O) groups excluding carboxylic acids is 1. The van der Waals surface area contributed by atoms with Crippen molar-refractivity contribution in [2.75, 3.05) is 7.11 Å². The van der Waals surface area contributed by atoms with Crippen molar-refractivity contribution in [3.05, 3.63) is 76.8 Å². The van der Waals surface area contributed by atoms with Crippen LogP contribution in [0.25, 0.3) is 15.9 Å². The number of aromatic nitrogens is 2. The number of nitrogens with one attached hydrogen (secondary N) is 1. The number of rotatable bonds is 5. The summed E-state index contributed by atoms with van der Waals surface area (Å²) >= 11 is 1.46.